The van der Waals surface area contributed by atoms with Gasteiger partial charge in [-0.05, 0) is 43.4 Å². The zero-order valence-corrected chi connectivity index (χ0v) is 17.9. The van der Waals surface area contributed by atoms with Gasteiger partial charge in [-0.2, -0.15) is 5.10 Å². The minimum atomic E-state index is 0.425. The van der Waals surface area contributed by atoms with Crippen molar-refractivity contribution in [2.45, 2.75) is 32.7 Å². The van der Waals surface area contributed by atoms with Crippen molar-refractivity contribution in [3.63, 3.8) is 0 Å². The van der Waals surface area contributed by atoms with Crippen molar-refractivity contribution >= 4 is 5.96 Å². The Morgan fingerprint density at radius 1 is 1.27 bits per heavy atom. The van der Waals surface area contributed by atoms with Crippen LogP contribution in [-0.4, -0.2) is 56.4 Å². The second-order valence-electron chi connectivity index (χ2n) is 7.90. The van der Waals surface area contributed by atoms with Gasteiger partial charge in [0.15, 0.2) is 5.96 Å². The third-order valence-corrected chi connectivity index (χ3v) is 5.78. The Bertz CT molecular complexity index is 930. The van der Waals surface area contributed by atoms with Gasteiger partial charge in [-0.15, -0.1) is 0 Å². The van der Waals surface area contributed by atoms with Gasteiger partial charge in [0.25, 0.3) is 0 Å². The molecule has 1 aromatic carbocycles. The lowest BCUT2D eigenvalue weighted by Crippen LogP contribution is -2.49. The molecule has 0 saturated carbocycles. The number of hydrogen-bond acceptors (Lipinski definition) is 3. The number of likely N-dealkylation sites (tertiary alicyclic amines) is 1. The highest BCUT2D eigenvalue weighted by atomic mass is 15.3. The quantitative estimate of drug-likeness (QED) is 0.505. The molecule has 3 aromatic rings. The van der Waals surface area contributed by atoms with Crippen LogP contribution >= 0.6 is 0 Å². The SMILES string of the molecule is CCNC(=NCCc1cnn(-c2ccccc2)c1)N1CCC(C)C(n2ccnc2)C1. The van der Waals surface area contributed by atoms with Crippen LogP contribution in [0.1, 0.15) is 31.9 Å². The fraction of sp³-hybridized carbons (Fsp3) is 0.435. The van der Waals surface area contributed by atoms with Crippen molar-refractivity contribution in [1.82, 2.24) is 29.5 Å². The number of para-hydroxylation sites is 1. The number of hydrogen-bond donors (Lipinski definition) is 1. The van der Waals surface area contributed by atoms with Gasteiger partial charge in [-0.3, -0.25) is 4.99 Å². The number of piperidine rings is 1. The van der Waals surface area contributed by atoms with Gasteiger partial charge < -0.3 is 14.8 Å². The van der Waals surface area contributed by atoms with Crippen molar-refractivity contribution < 1.29 is 0 Å². The van der Waals surface area contributed by atoms with Gasteiger partial charge in [-0.1, -0.05) is 25.1 Å². The van der Waals surface area contributed by atoms with Crippen LogP contribution in [0.15, 0.2) is 66.4 Å². The van der Waals surface area contributed by atoms with Crippen LogP contribution < -0.4 is 5.32 Å². The predicted octanol–water partition coefficient (Wildman–Crippen LogP) is 3.16. The van der Waals surface area contributed by atoms with E-state index in [1.807, 2.05) is 41.6 Å². The molecule has 0 radical (unpaired) electrons. The highest BCUT2D eigenvalue weighted by Crippen LogP contribution is 2.27. The summed E-state index contributed by atoms with van der Waals surface area (Å²) < 4.78 is 4.16. The van der Waals surface area contributed by atoms with E-state index in [1.54, 1.807) is 0 Å². The largest absolute Gasteiger partial charge is 0.357 e. The fourth-order valence-corrected chi connectivity index (χ4v) is 4.02. The predicted molar refractivity (Wildman–Crippen MR) is 120 cm³/mol. The molecule has 1 aliphatic rings. The summed E-state index contributed by atoms with van der Waals surface area (Å²) >= 11 is 0. The van der Waals surface area contributed by atoms with Crippen LogP contribution in [0.4, 0.5) is 0 Å². The molecule has 2 atom stereocenters. The van der Waals surface area contributed by atoms with Gasteiger partial charge in [-0.25, -0.2) is 9.67 Å². The Kier molecular flexibility index (Phi) is 6.47. The van der Waals surface area contributed by atoms with Gasteiger partial charge in [0, 0.05) is 44.8 Å². The van der Waals surface area contributed by atoms with E-state index in [2.05, 4.69) is 63.2 Å². The maximum absolute atomic E-state index is 4.92. The summed E-state index contributed by atoms with van der Waals surface area (Å²) in [6.45, 7) is 8.05. The number of aliphatic imine (C=N–C) groups is 1. The zero-order chi connectivity index (χ0) is 20.8. The fourth-order valence-electron chi connectivity index (χ4n) is 4.02. The molecular formula is C23H31N7. The highest BCUT2D eigenvalue weighted by molar-refractivity contribution is 5.80. The summed E-state index contributed by atoms with van der Waals surface area (Å²) in [6, 6.07) is 10.6. The number of guanidine groups is 1. The van der Waals surface area contributed by atoms with E-state index in [0.717, 1.165) is 50.7 Å². The molecule has 0 aliphatic carbocycles. The summed E-state index contributed by atoms with van der Waals surface area (Å²) in [7, 11) is 0. The van der Waals surface area contributed by atoms with Gasteiger partial charge >= 0.3 is 0 Å². The summed E-state index contributed by atoms with van der Waals surface area (Å²) in [4.78, 5) is 11.6. The van der Waals surface area contributed by atoms with Crippen LogP contribution in [0, 0.1) is 5.92 Å². The van der Waals surface area contributed by atoms with Gasteiger partial charge in [0.2, 0.25) is 0 Å². The van der Waals surface area contributed by atoms with Crippen molar-refractivity contribution in [3.8, 4) is 5.69 Å². The lowest BCUT2D eigenvalue weighted by molar-refractivity contribution is 0.189. The van der Waals surface area contributed by atoms with E-state index in [1.165, 1.54) is 5.56 Å². The summed E-state index contributed by atoms with van der Waals surface area (Å²) in [5.41, 5.74) is 2.27. The summed E-state index contributed by atoms with van der Waals surface area (Å²) in [5, 5.41) is 7.97. The third kappa shape index (κ3) is 4.72. The molecule has 7 nitrogen and oxygen atoms in total. The van der Waals surface area contributed by atoms with E-state index in [4.69, 9.17) is 4.99 Å². The Labute approximate surface area is 178 Å². The number of aromatic nitrogens is 4. The smallest absolute Gasteiger partial charge is 0.193 e. The maximum Gasteiger partial charge on any atom is 0.193 e. The standard InChI is InChI=1S/C23H31N7/c1-3-25-23(28-13-10-19(2)22(17-28)29-14-12-24-18-29)26-11-9-20-15-27-30(16-20)21-7-5-4-6-8-21/h4-8,12,14-16,18-19,22H,3,9-11,13,17H2,1-2H3,(H,25,26). The Hall–Kier alpha value is -3.09. The minimum absolute atomic E-state index is 0.425. The molecule has 0 bridgehead atoms. The van der Waals surface area contributed by atoms with Crippen molar-refractivity contribution in [2.75, 3.05) is 26.2 Å². The molecule has 1 aliphatic heterocycles. The Morgan fingerprint density at radius 3 is 2.90 bits per heavy atom. The number of rotatable bonds is 6. The topological polar surface area (TPSA) is 63.3 Å². The first-order chi connectivity index (χ1) is 14.7. The third-order valence-electron chi connectivity index (χ3n) is 5.78. The van der Waals surface area contributed by atoms with Crippen molar-refractivity contribution in [3.05, 3.63) is 67.0 Å². The molecule has 2 aromatic heterocycles. The van der Waals surface area contributed by atoms with Crippen LogP contribution in [0.25, 0.3) is 5.69 Å². The van der Waals surface area contributed by atoms with Crippen LogP contribution in [0.2, 0.25) is 0 Å². The molecule has 1 N–H and O–H groups in total. The lowest BCUT2D eigenvalue weighted by Gasteiger charge is -2.39. The number of nitrogens with zero attached hydrogens (tertiary/aromatic N) is 6. The average Bonchev–Trinajstić information content (AvgIpc) is 3.47. The average molecular weight is 406 g/mol. The summed E-state index contributed by atoms with van der Waals surface area (Å²) in [5.74, 6) is 1.63. The van der Waals surface area contributed by atoms with E-state index < -0.39 is 0 Å². The van der Waals surface area contributed by atoms with Crippen molar-refractivity contribution in [1.29, 1.82) is 0 Å². The highest BCUT2D eigenvalue weighted by Gasteiger charge is 2.28. The molecule has 1 fully saturated rings. The molecule has 3 heterocycles. The first kappa shape index (κ1) is 20.2. The van der Waals surface area contributed by atoms with Crippen LogP contribution in [0.3, 0.4) is 0 Å². The van der Waals surface area contributed by atoms with Gasteiger partial charge in [0.05, 0.1) is 24.3 Å². The van der Waals surface area contributed by atoms with E-state index in [0.29, 0.717) is 12.0 Å². The van der Waals surface area contributed by atoms with E-state index in [-0.39, 0.29) is 0 Å². The van der Waals surface area contributed by atoms with Crippen LogP contribution in [0.5, 0.6) is 0 Å². The van der Waals surface area contributed by atoms with E-state index in [9.17, 15) is 0 Å². The normalized spacial score (nSPS) is 19.8. The monoisotopic (exact) mass is 405 g/mol. The molecule has 0 amide bonds. The number of imidazole rings is 1. The Balaban J connectivity index is 1.40. The maximum atomic E-state index is 4.92. The number of nitrogens with one attached hydrogen (secondary N) is 1. The molecular weight excluding hydrogens is 374 g/mol. The molecule has 0 spiro atoms. The van der Waals surface area contributed by atoms with E-state index >= 15 is 0 Å². The second kappa shape index (κ2) is 9.61. The molecule has 158 valence electrons. The molecule has 1 saturated heterocycles. The Morgan fingerprint density at radius 2 is 2.13 bits per heavy atom. The molecule has 7 heteroatoms. The first-order valence-corrected chi connectivity index (χ1v) is 10.8. The zero-order valence-electron chi connectivity index (χ0n) is 17.9. The number of benzene rings is 1. The van der Waals surface area contributed by atoms with Crippen LogP contribution in [-0.2, 0) is 6.42 Å². The first-order valence-electron chi connectivity index (χ1n) is 10.8. The van der Waals surface area contributed by atoms with Gasteiger partial charge in [0.1, 0.15) is 0 Å². The molecule has 30 heavy (non-hydrogen) atoms. The lowest BCUT2D eigenvalue weighted by atomic mass is 9.93. The molecule has 2 unspecified atom stereocenters. The molecule has 4 rings (SSSR count). The van der Waals surface area contributed by atoms with Crippen molar-refractivity contribution in [2.24, 2.45) is 10.9 Å². The minimum Gasteiger partial charge on any atom is -0.357 e. The summed E-state index contributed by atoms with van der Waals surface area (Å²) in [6.07, 6.45) is 11.9. The second-order valence-corrected chi connectivity index (χ2v) is 7.90.